The first-order valence-electron chi connectivity index (χ1n) is 4.07. The lowest BCUT2D eigenvalue weighted by atomic mass is 10.1. The summed E-state index contributed by atoms with van der Waals surface area (Å²) in [4.78, 5) is 10.6. The van der Waals surface area contributed by atoms with Gasteiger partial charge in [-0.05, 0) is 24.6 Å². The van der Waals surface area contributed by atoms with Crippen molar-refractivity contribution in [2.75, 3.05) is 7.11 Å². The number of carbonyl (C=O) groups is 1. The average molecular weight is 176 g/mol. The van der Waals surface area contributed by atoms with Crippen LogP contribution in [0.1, 0.15) is 22.8 Å². The predicted molar refractivity (Wildman–Crippen MR) is 53.1 cm³/mol. The first kappa shape index (κ1) is 9.52. The van der Waals surface area contributed by atoms with Crippen LogP contribution in [0.15, 0.2) is 24.3 Å². The zero-order valence-electron chi connectivity index (χ0n) is 7.78. The van der Waals surface area contributed by atoms with Gasteiger partial charge in [0, 0.05) is 0 Å². The van der Waals surface area contributed by atoms with Gasteiger partial charge in [0.15, 0.2) is 6.29 Å². The largest absolute Gasteiger partial charge is 0.496 e. The Hall–Kier alpha value is -1.57. The van der Waals surface area contributed by atoms with Gasteiger partial charge in [-0.15, -0.1) is 0 Å². The Morgan fingerprint density at radius 3 is 2.69 bits per heavy atom. The second kappa shape index (κ2) is 4.45. The van der Waals surface area contributed by atoms with Crippen LogP contribution in [0.2, 0.25) is 0 Å². The third-order valence-electron chi connectivity index (χ3n) is 1.74. The Kier molecular flexibility index (Phi) is 3.26. The number of methoxy groups -OCH3 is 1. The van der Waals surface area contributed by atoms with Crippen LogP contribution in [-0.4, -0.2) is 13.4 Å². The minimum absolute atomic E-state index is 0.579. The van der Waals surface area contributed by atoms with Crippen molar-refractivity contribution in [2.24, 2.45) is 0 Å². The third kappa shape index (κ3) is 2.18. The topological polar surface area (TPSA) is 26.3 Å². The van der Waals surface area contributed by atoms with Gasteiger partial charge >= 0.3 is 0 Å². The number of rotatable bonds is 3. The molecule has 1 aromatic carbocycles. The van der Waals surface area contributed by atoms with Crippen molar-refractivity contribution in [2.45, 2.75) is 6.92 Å². The zero-order valence-corrected chi connectivity index (χ0v) is 7.78. The second-order valence-electron chi connectivity index (χ2n) is 2.62. The third-order valence-corrected chi connectivity index (χ3v) is 1.74. The number of benzene rings is 1. The fourth-order valence-electron chi connectivity index (χ4n) is 1.12. The van der Waals surface area contributed by atoms with E-state index < -0.39 is 0 Å². The van der Waals surface area contributed by atoms with Gasteiger partial charge in [0.1, 0.15) is 5.75 Å². The highest BCUT2D eigenvalue weighted by Gasteiger charge is 2.00. The SMILES string of the molecule is C/C=C/c1ccc(C=O)c(OC)c1. The molecule has 0 aromatic heterocycles. The minimum atomic E-state index is 0.579. The van der Waals surface area contributed by atoms with E-state index >= 15 is 0 Å². The van der Waals surface area contributed by atoms with Crippen LogP contribution in [0.25, 0.3) is 6.08 Å². The summed E-state index contributed by atoms with van der Waals surface area (Å²) >= 11 is 0. The van der Waals surface area contributed by atoms with Gasteiger partial charge in [-0.2, -0.15) is 0 Å². The lowest BCUT2D eigenvalue weighted by Gasteiger charge is -2.03. The number of hydrogen-bond acceptors (Lipinski definition) is 2. The summed E-state index contributed by atoms with van der Waals surface area (Å²) < 4.78 is 5.06. The van der Waals surface area contributed by atoms with Crippen LogP contribution in [0, 0.1) is 0 Å². The number of aldehydes is 1. The first-order valence-corrected chi connectivity index (χ1v) is 4.07. The Bertz CT molecular complexity index is 327. The van der Waals surface area contributed by atoms with Crippen molar-refractivity contribution in [1.29, 1.82) is 0 Å². The molecule has 13 heavy (non-hydrogen) atoms. The molecule has 0 bridgehead atoms. The van der Waals surface area contributed by atoms with Crippen LogP contribution in [0.3, 0.4) is 0 Å². The number of allylic oxidation sites excluding steroid dienone is 1. The van der Waals surface area contributed by atoms with Gasteiger partial charge in [-0.25, -0.2) is 0 Å². The molecule has 2 heteroatoms. The van der Waals surface area contributed by atoms with Crippen molar-refractivity contribution in [3.8, 4) is 5.75 Å². The van der Waals surface area contributed by atoms with Gasteiger partial charge in [-0.3, -0.25) is 4.79 Å². The Balaban J connectivity index is 3.12. The molecule has 0 aliphatic heterocycles. The molecular weight excluding hydrogens is 164 g/mol. The van der Waals surface area contributed by atoms with E-state index in [9.17, 15) is 4.79 Å². The van der Waals surface area contributed by atoms with E-state index in [0.717, 1.165) is 11.8 Å². The summed E-state index contributed by atoms with van der Waals surface area (Å²) in [6, 6.07) is 5.47. The van der Waals surface area contributed by atoms with Crippen LogP contribution in [0.5, 0.6) is 5.75 Å². The summed E-state index contributed by atoms with van der Waals surface area (Å²) in [5, 5.41) is 0. The quantitative estimate of drug-likeness (QED) is 0.661. The van der Waals surface area contributed by atoms with Gasteiger partial charge in [0.2, 0.25) is 0 Å². The summed E-state index contributed by atoms with van der Waals surface area (Å²) in [7, 11) is 1.56. The van der Waals surface area contributed by atoms with Crippen LogP contribution in [-0.2, 0) is 0 Å². The zero-order chi connectivity index (χ0) is 9.68. The molecule has 0 spiro atoms. The molecule has 0 heterocycles. The molecular formula is C11H12O2. The molecule has 0 amide bonds. The van der Waals surface area contributed by atoms with E-state index in [1.807, 2.05) is 31.2 Å². The first-order chi connectivity index (χ1) is 6.31. The maximum absolute atomic E-state index is 10.6. The predicted octanol–water partition coefficient (Wildman–Crippen LogP) is 2.54. The molecule has 0 aliphatic rings. The van der Waals surface area contributed by atoms with Gasteiger partial charge < -0.3 is 4.74 Å². The van der Waals surface area contributed by atoms with E-state index in [1.54, 1.807) is 13.2 Å². The summed E-state index contributed by atoms with van der Waals surface area (Å²) in [5.41, 5.74) is 1.61. The molecule has 0 fully saturated rings. The maximum atomic E-state index is 10.6. The molecule has 2 nitrogen and oxygen atoms in total. The fourth-order valence-corrected chi connectivity index (χ4v) is 1.12. The molecule has 0 atom stereocenters. The normalized spacial score (nSPS) is 10.3. The van der Waals surface area contributed by atoms with Crippen LogP contribution >= 0.6 is 0 Å². The van der Waals surface area contributed by atoms with Gasteiger partial charge in [-0.1, -0.05) is 18.2 Å². The fraction of sp³-hybridized carbons (Fsp3) is 0.182. The highest BCUT2D eigenvalue weighted by Crippen LogP contribution is 2.18. The van der Waals surface area contributed by atoms with Crippen LogP contribution < -0.4 is 4.74 Å². The van der Waals surface area contributed by atoms with E-state index in [4.69, 9.17) is 4.74 Å². The lowest BCUT2D eigenvalue weighted by Crippen LogP contribution is -1.90. The summed E-state index contributed by atoms with van der Waals surface area (Å²) in [5.74, 6) is 0.616. The molecule has 0 saturated carbocycles. The summed E-state index contributed by atoms with van der Waals surface area (Å²) in [6.45, 7) is 1.94. The van der Waals surface area contributed by atoms with Crippen molar-refractivity contribution in [3.63, 3.8) is 0 Å². The Morgan fingerprint density at radius 1 is 1.38 bits per heavy atom. The molecule has 0 N–H and O–H groups in total. The van der Waals surface area contributed by atoms with Crippen molar-refractivity contribution >= 4 is 12.4 Å². The van der Waals surface area contributed by atoms with Gasteiger partial charge in [0.25, 0.3) is 0 Å². The van der Waals surface area contributed by atoms with Crippen LogP contribution in [0.4, 0.5) is 0 Å². The standard InChI is InChI=1S/C11H12O2/c1-3-4-9-5-6-10(8-12)11(7-9)13-2/h3-8H,1-2H3/b4-3+. The molecule has 1 rings (SSSR count). The highest BCUT2D eigenvalue weighted by molar-refractivity contribution is 5.80. The smallest absolute Gasteiger partial charge is 0.153 e. The number of hydrogen-bond donors (Lipinski definition) is 0. The molecule has 0 saturated heterocycles. The average Bonchev–Trinajstić information content (AvgIpc) is 2.18. The lowest BCUT2D eigenvalue weighted by molar-refractivity contribution is 0.112. The monoisotopic (exact) mass is 176 g/mol. The Labute approximate surface area is 77.8 Å². The van der Waals surface area contributed by atoms with Gasteiger partial charge in [0.05, 0.1) is 12.7 Å². The minimum Gasteiger partial charge on any atom is -0.496 e. The van der Waals surface area contributed by atoms with E-state index in [0.29, 0.717) is 11.3 Å². The van der Waals surface area contributed by atoms with E-state index in [1.165, 1.54) is 0 Å². The number of carbonyl (C=O) groups excluding carboxylic acids is 1. The van der Waals surface area contributed by atoms with Crippen molar-refractivity contribution in [1.82, 2.24) is 0 Å². The molecule has 0 radical (unpaired) electrons. The molecule has 1 aromatic rings. The number of ether oxygens (including phenoxy) is 1. The summed E-state index contributed by atoms with van der Waals surface area (Å²) in [6.07, 6.45) is 4.69. The molecule has 0 aliphatic carbocycles. The Morgan fingerprint density at radius 2 is 2.15 bits per heavy atom. The van der Waals surface area contributed by atoms with E-state index in [-0.39, 0.29) is 0 Å². The highest BCUT2D eigenvalue weighted by atomic mass is 16.5. The van der Waals surface area contributed by atoms with E-state index in [2.05, 4.69) is 0 Å². The van der Waals surface area contributed by atoms with Crippen molar-refractivity contribution < 1.29 is 9.53 Å². The maximum Gasteiger partial charge on any atom is 0.153 e. The second-order valence-corrected chi connectivity index (χ2v) is 2.62. The molecule has 68 valence electrons. The van der Waals surface area contributed by atoms with Crippen molar-refractivity contribution in [3.05, 3.63) is 35.4 Å². The molecule has 0 unspecified atom stereocenters.